The van der Waals surface area contributed by atoms with Crippen LogP contribution in [0.25, 0.3) is 0 Å². The molecule has 1 amide bonds. The highest BCUT2D eigenvalue weighted by molar-refractivity contribution is 6.14. The summed E-state index contributed by atoms with van der Waals surface area (Å²) in [5, 5.41) is 35.2. The van der Waals surface area contributed by atoms with E-state index in [1.165, 1.54) is 31.5 Å². The molecule has 8 rings (SSSR count). The second-order valence-corrected chi connectivity index (χ2v) is 17.7. The standard InChI is InChI=1S/C46H60N10O5/c47-42(41-5-1-2-6-43(41)58)24-35(46(48)49)8-7-33-27-50-55(30-33)29-32-9-18-53(19-10-32)37-22-34(23-37)28-52-16-11-38(12-17-52)60-39-13-20-54(21-14-39)44-25-40(61-51-44)26-45(59)56-15-3-4-36(56)31-57/h1-2,5-6,24-25,27,30-32,34,36-39,47,58H,3-4,9-23,26,28-29H2,(H3,48,49)/b35-24-,47-42?. The molecular formula is C46H60N10O5. The van der Waals surface area contributed by atoms with Crippen molar-refractivity contribution >= 4 is 29.6 Å². The number of ether oxygens (including phenoxy) is 1. The van der Waals surface area contributed by atoms with Gasteiger partial charge in [-0.05, 0) is 107 Å². The molecule has 4 saturated heterocycles. The predicted molar refractivity (Wildman–Crippen MR) is 232 cm³/mol. The highest BCUT2D eigenvalue weighted by Crippen LogP contribution is 2.36. The second-order valence-electron chi connectivity index (χ2n) is 17.7. The zero-order chi connectivity index (χ0) is 42.3. The van der Waals surface area contributed by atoms with Crippen LogP contribution in [0.15, 0.2) is 58.9 Å². The summed E-state index contributed by atoms with van der Waals surface area (Å²) in [6.45, 7) is 8.89. The number of amidine groups is 1. The van der Waals surface area contributed by atoms with Gasteiger partial charge in [0.05, 0.1) is 47.7 Å². The quantitative estimate of drug-likeness (QED) is 0.0787. The number of allylic oxidation sites excluding steroid dienone is 1. The second kappa shape index (κ2) is 19.6. The SMILES string of the molecule is N=C(N)/C(C#Cc1cnn(CC2CCN(C3CC(CN4CCC(OC5CCN(c6cc(CC(=O)N7CCCC7C=O)on6)CC5)CC4)C3)CC2)c1)=C\C(=N)c1ccccc1O. The third-order valence-electron chi connectivity index (χ3n) is 13.4. The van der Waals surface area contributed by atoms with Crippen LogP contribution < -0.4 is 10.6 Å². The van der Waals surface area contributed by atoms with Gasteiger partial charge in [-0.1, -0.05) is 29.1 Å². The zero-order valence-electron chi connectivity index (χ0n) is 35.1. The monoisotopic (exact) mass is 832 g/mol. The fourth-order valence-electron chi connectivity index (χ4n) is 9.80. The minimum atomic E-state index is -0.311. The summed E-state index contributed by atoms with van der Waals surface area (Å²) in [6.07, 6.45) is 17.3. The van der Waals surface area contributed by atoms with Crippen molar-refractivity contribution in [2.75, 3.05) is 57.3 Å². The summed E-state index contributed by atoms with van der Waals surface area (Å²) in [6, 6.07) is 8.86. The third-order valence-corrected chi connectivity index (χ3v) is 13.4. The number of para-hydroxylation sites is 1. The number of piperidine rings is 3. The van der Waals surface area contributed by atoms with E-state index in [1.54, 1.807) is 29.3 Å². The van der Waals surface area contributed by atoms with E-state index in [0.29, 0.717) is 35.9 Å². The molecule has 0 bridgehead atoms. The number of hydrogen-bond donors (Lipinski definition) is 4. The molecule has 1 saturated carbocycles. The Kier molecular flexibility index (Phi) is 13.6. The number of likely N-dealkylation sites (tertiary alicyclic amines) is 3. The number of anilines is 1. The van der Waals surface area contributed by atoms with Crippen LogP contribution in [0.3, 0.4) is 0 Å². The average molecular weight is 833 g/mol. The highest BCUT2D eigenvalue weighted by atomic mass is 16.5. The number of nitrogens with one attached hydrogen (secondary N) is 2. The van der Waals surface area contributed by atoms with Crippen molar-refractivity contribution in [2.45, 2.75) is 101 Å². The Morgan fingerprint density at radius 2 is 1.69 bits per heavy atom. The first kappa shape index (κ1) is 42.4. The Morgan fingerprint density at radius 3 is 2.41 bits per heavy atom. The molecular weight excluding hydrogens is 773 g/mol. The van der Waals surface area contributed by atoms with Crippen molar-refractivity contribution in [2.24, 2.45) is 17.6 Å². The Balaban J connectivity index is 0.689. The van der Waals surface area contributed by atoms with E-state index in [0.717, 1.165) is 121 Å². The molecule has 5 N–H and O–H groups in total. The molecule has 6 heterocycles. The highest BCUT2D eigenvalue weighted by Gasteiger charge is 2.37. The van der Waals surface area contributed by atoms with Gasteiger partial charge in [0.15, 0.2) is 5.82 Å². The molecule has 1 atom stereocenters. The van der Waals surface area contributed by atoms with Crippen LogP contribution in [-0.4, -0.2) is 135 Å². The smallest absolute Gasteiger partial charge is 0.230 e. The Labute approximate surface area is 358 Å². The molecule has 0 radical (unpaired) electrons. The summed E-state index contributed by atoms with van der Waals surface area (Å²) >= 11 is 0. The van der Waals surface area contributed by atoms with Gasteiger partial charge in [0.25, 0.3) is 0 Å². The number of phenolic OH excluding ortho intramolecular Hbond substituents is 1. The fourth-order valence-corrected chi connectivity index (χ4v) is 9.80. The molecule has 61 heavy (non-hydrogen) atoms. The molecule has 3 aromatic rings. The van der Waals surface area contributed by atoms with Crippen molar-refractivity contribution < 1.29 is 24.0 Å². The van der Waals surface area contributed by atoms with E-state index in [-0.39, 0.29) is 47.3 Å². The lowest BCUT2D eigenvalue weighted by molar-refractivity contribution is -0.134. The molecule has 324 valence electrons. The van der Waals surface area contributed by atoms with Crippen LogP contribution >= 0.6 is 0 Å². The van der Waals surface area contributed by atoms with Crippen LogP contribution in [0.4, 0.5) is 5.82 Å². The molecule has 5 aliphatic rings. The number of aromatic nitrogens is 3. The fraction of sp³-hybridized carbons (Fsp3) is 0.565. The summed E-state index contributed by atoms with van der Waals surface area (Å²) < 4.78 is 14.1. The number of nitrogens with zero attached hydrogens (tertiary/aromatic N) is 7. The van der Waals surface area contributed by atoms with Gasteiger partial charge in [-0.3, -0.25) is 14.9 Å². The van der Waals surface area contributed by atoms with Crippen LogP contribution in [-0.2, 0) is 27.3 Å². The van der Waals surface area contributed by atoms with E-state index in [1.807, 2.05) is 16.9 Å². The molecule has 15 nitrogen and oxygen atoms in total. The van der Waals surface area contributed by atoms with Crippen molar-refractivity contribution in [3.8, 4) is 17.6 Å². The molecule has 15 heteroatoms. The van der Waals surface area contributed by atoms with Crippen LogP contribution in [0.2, 0.25) is 0 Å². The maximum absolute atomic E-state index is 12.7. The number of aromatic hydroxyl groups is 1. The van der Waals surface area contributed by atoms with Gasteiger partial charge in [-0.15, -0.1) is 0 Å². The maximum atomic E-state index is 12.7. The Hall–Kier alpha value is -5.30. The van der Waals surface area contributed by atoms with Crippen molar-refractivity contribution in [1.29, 1.82) is 10.8 Å². The van der Waals surface area contributed by atoms with Gasteiger partial charge >= 0.3 is 0 Å². The van der Waals surface area contributed by atoms with Gasteiger partial charge in [-0.2, -0.15) is 5.10 Å². The van der Waals surface area contributed by atoms with Crippen molar-refractivity contribution in [3.63, 3.8) is 0 Å². The number of phenols is 1. The van der Waals surface area contributed by atoms with Crippen LogP contribution in [0.1, 0.15) is 81.1 Å². The summed E-state index contributed by atoms with van der Waals surface area (Å²) in [5.41, 5.74) is 7.10. The number of rotatable bonds is 14. The lowest BCUT2D eigenvalue weighted by Gasteiger charge is -2.47. The van der Waals surface area contributed by atoms with Crippen molar-refractivity contribution in [1.82, 2.24) is 29.6 Å². The molecule has 2 aromatic heterocycles. The van der Waals surface area contributed by atoms with E-state index >= 15 is 0 Å². The lowest BCUT2D eigenvalue weighted by atomic mass is 9.77. The first-order chi connectivity index (χ1) is 29.7. The Bertz CT molecular complexity index is 2110. The topological polar surface area (TPSA) is 194 Å². The number of nitrogens with two attached hydrogens (primary N) is 1. The largest absolute Gasteiger partial charge is 0.507 e. The predicted octanol–water partition coefficient (Wildman–Crippen LogP) is 4.23. The van der Waals surface area contributed by atoms with Gasteiger partial charge in [0, 0.05) is 69.7 Å². The van der Waals surface area contributed by atoms with Gasteiger partial charge in [-0.25, -0.2) is 0 Å². The Morgan fingerprint density at radius 1 is 0.951 bits per heavy atom. The normalized spacial score (nSPS) is 23.7. The first-order valence-electron chi connectivity index (χ1n) is 22.2. The first-order valence-corrected chi connectivity index (χ1v) is 22.2. The zero-order valence-corrected chi connectivity index (χ0v) is 35.1. The molecule has 1 aliphatic carbocycles. The van der Waals surface area contributed by atoms with Gasteiger partial charge in [0.1, 0.15) is 23.6 Å². The van der Waals surface area contributed by atoms with Gasteiger partial charge in [0.2, 0.25) is 5.91 Å². The number of carbonyl (C=O) groups is 2. The molecule has 0 spiro atoms. The number of benzene rings is 1. The summed E-state index contributed by atoms with van der Waals surface area (Å²) in [7, 11) is 0. The van der Waals surface area contributed by atoms with E-state index < -0.39 is 0 Å². The minimum absolute atomic E-state index is 0.00781. The molecule has 4 aliphatic heterocycles. The molecule has 1 aromatic carbocycles. The van der Waals surface area contributed by atoms with E-state index in [4.69, 9.17) is 25.8 Å². The lowest BCUT2D eigenvalue weighted by Crippen LogP contribution is -2.51. The van der Waals surface area contributed by atoms with Crippen LogP contribution in [0, 0.1) is 34.5 Å². The number of hydrogen-bond acceptors (Lipinski definition) is 12. The van der Waals surface area contributed by atoms with Crippen LogP contribution in [0.5, 0.6) is 5.75 Å². The summed E-state index contributed by atoms with van der Waals surface area (Å²) in [5.74, 6) is 8.32. The third kappa shape index (κ3) is 10.8. The van der Waals surface area contributed by atoms with E-state index in [2.05, 4.69) is 36.8 Å². The van der Waals surface area contributed by atoms with E-state index in [9.17, 15) is 14.7 Å². The number of carbonyl (C=O) groups excluding carboxylic acids is 2. The van der Waals surface area contributed by atoms with Crippen molar-refractivity contribution in [3.05, 3.63) is 71.3 Å². The maximum Gasteiger partial charge on any atom is 0.230 e. The molecule has 1 unspecified atom stereocenters. The average Bonchev–Trinajstić information content (AvgIpc) is 4.04. The summed E-state index contributed by atoms with van der Waals surface area (Å²) in [4.78, 5) is 33.3. The van der Waals surface area contributed by atoms with Gasteiger partial charge < -0.3 is 49.9 Å². The number of amides is 1. The minimum Gasteiger partial charge on any atom is -0.507 e. The molecule has 5 fully saturated rings. The number of aldehydes is 1.